The van der Waals surface area contributed by atoms with Gasteiger partial charge in [-0.25, -0.2) is 4.79 Å². The Morgan fingerprint density at radius 2 is 1.62 bits per heavy atom. The first-order chi connectivity index (χ1) is 13.4. The molecule has 0 radical (unpaired) electrons. The lowest BCUT2D eigenvalue weighted by Gasteiger charge is -2.26. The second-order valence-electron chi connectivity index (χ2n) is 6.77. The SMILES string of the molecule is CCc1c(C(=O)O)c(C)c(N)c(C)c1C(=O)N(C)CC(COC(C)=O)OC(C)=O. The summed E-state index contributed by atoms with van der Waals surface area (Å²) < 4.78 is 10.0. The molecule has 29 heavy (non-hydrogen) atoms. The Hall–Kier alpha value is -3.10. The highest BCUT2D eigenvalue weighted by Gasteiger charge is 2.28. The summed E-state index contributed by atoms with van der Waals surface area (Å²) in [5.41, 5.74) is 7.84. The van der Waals surface area contributed by atoms with E-state index in [1.54, 1.807) is 20.8 Å². The van der Waals surface area contributed by atoms with Crippen LogP contribution in [0.4, 0.5) is 5.69 Å². The third kappa shape index (κ3) is 5.69. The molecule has 1 unspecified atom stereocenters. The summed E-state index contributed by atoms with van der Waals surface area (Å²) in [7, 11) is 1.49. The van der Waals surface area contributed by atoms with Gasteiger partial charge in [0.25, 0.3) is 5.91 Å². The van der Waals surface area contributed by atoms with E-state index in [0.29, 0.717) is 23.1 Å². The topological polar surface area (TPSA) is 136 Å². The number of rotatable bonds is 8. The molecule has 3 N–H and O–H groups in total. The number of nitrogen functional groups attached to an aromatic ring is 1. The maximum absolute atomic E-state index is 13.2. The van der Waals surface area contributed by atoms with Crippen LogP contribution < -0.4 is 5.73 Å². The lowest BCUT2D eigenvalue weighted by Crippen LogP contribution is -2.40. The number of carbonyl (C=O) groups excluding carboxylic acids is 3. The van der Waals surface area contributed by atoms with Crippen LogP contribution in [0.2, 0.25) is 0 Å². The van der Waals surface area contributed by atoms with Crippen molar-refractivity contribution in [3.8, 4) is 0 Å². The largest absolute Gasteiger partial charge is 0.478 e. The highest BCUT2D eigenvalue weighted by atomic mass is 16.6. The number of nitrogens with zero attached hydrogens (tertiary/aromatic N) is 1. The van der Waals surface area contributed by atoms with Gasteiger partial charge >= 0.3 is 17.9 Å². The van der Waals surface area contributed by atoms with Gasteiger partial charge < -0.3 is 25.2 Å². The summed E-state index contributed by atoms with van der Waals surface area (Å²) in [6, 6.07) is 0. The van der Waals surface area contributed by atoms with Crippen LogP contribution in [0.5, 0.6) is 0 Å². The molecular formula is C20H28N2O7. The van der Waals surface area contributed by atoms with Crippen LogP contribution in [0.3, 0.4) is 0 Å². The van der Waals surface area contributed by atoms with Gasteiger partial charge in [-0.2, -0.15) is 0 Å². The highest BCUT2D eigenvalue weighted by Crippen LogP contribution is 2.31. The molecule has 1 amide bonds. The lowest BCUT2D eigenvalue weighted by molar-refractivity contribution is -0.156. The van der Waals surface area contributed by atoms with Crippen molar-refractivity contribution in [3.63, 3.8) is 0 Å². The summed E-state index contributed by atoms with van der Waals surface area (Å²) >= 11 is 0. The van der Waals surface area contributed by atoms with Crippen LogP contribution in [0.15, 0.2) is 0 Å². The molecule has 1 atom stereocenters. The number of benzene rings is 1. The van der Waals surface area contributed by atoms with Gasteiger partial charge in [0.15, 0.2) is 6.10 Å². The molecule has 0 aromatic heterocycles. The average Bonchev–Trinajstić information content (AvgIpc) is 2.62. The molecule has 1 rings (SSSR count). The molecule has 0 fully saturated rings. The zero-order valence-corrected chi connectivity index (χ0v) is 17.6. The second kappa shape index (κ2) is 9.90. The number of likely N-dealkylation sites (N-methyl/N-ethyl adjacent to an activating group) is 1. The van der Waals surface area contributed by atoms with Crippen molar-refractivity contribution in [1.29, 1.82) is 0 Å². The molecule has 9 heteroatoms. The summed E-state index contributed by atoms with van der Waals surface area (Å²) in [4.78, 5) is 48.6. The Morgan fingerprint density at radius 1 is 1.07 bits per heavy atom. The van der Waals surface area contributed by atoms with E-state index in [2.05, 4.69) is 0 Å². The first kappa shape index (κ1) is 23.9. The van der Waals surface area contributed by atoms with Gasteiger partial charge in [-0.1, -0.05) is 6.92 Å². The van der Waals surface area contributed by atoms with E-state index in [4.69, 9.17) is 15.2 Å². The van der Waals surface area contributed by atoms with Crippen molar-refractivity contribution in [3.05, 3.63) is 27.8 Å². The van der Waals surface area contributed by atoms with Crippen molar-refractivity contribution < 1.29 is 33.8 Å². The van der Waals surface area contributed by atoms with E-state index in [-0.39, 0.29) is 30.0 Å². The quantitative estimate of drug-likeness (QED) is 0.490. The third-order valence-corrected chi connectivity index (χ3v) is 4.57. The van der Waals surface area contributed by atoms with Crippen LogP contribution >= 0.6 is 0 Å². The first-order valence-electron chi connectivity index (χ1n) is 9.13. The molecule has 0 bridgehead atoms. The number of aromatic carboxylic acids is 1. The minimum atomic E-state index is -1.16. The number of nitrogens with two attached hydrogens (primary N) is 1. The lowest BCUT2D eigenvalue weighted by atomic mass is 9.88. The minimum Gasteiger partial charge on any atom is -0.478 e. The van der Waals surface area contributed by atoms with Gasteiger partial charge in [0.05, 0.1) is 12.1 Å². The van der Waals surface area contributed by atoms with Crippen molar-refractivity contribution >= 4 is 29.5 Å². The predicted octanol–water partition coefficient (Wildman–Crippen LogP) is 1.71. The van der Waals surface area contributed by atoms with E-state index in [1.165, 1.54) is 25.8 Å². The van der Waals surface area contributed by atoms with Crippen molar-refractivity contribution in [2.45, 2.75) is 47.1 Å². The molecule has 9 nitrogen and oxygen atoms in total. The van der Waals surface area contributed by atoms with Crippen LogP contribution in [-0.4, -0.2) is 60.1 Å². The molecular weight excluding hydrogens is 380 g/mol. The molecule has 1 aromatic carbocycles. The van der Waals surface area contributed by atoms with Crippen LogP contribution in [0, 0.1) is 13.8 Å². The van der Waals surface area contributed by atoms with Gasteiger partial charge in [-0.3, -0.25) is 14.4 Å². The molecule has 160 valence electrons. The number of anilines is 1. The van der Waals surface area contributed by atoms with Gasteiger partial charge in [-0.05, 0) is 37.0 Å². The molecule has 0 spiro atoms. The summed E-state index contributed by atoms with van der Waals surface area (Å²) in [5.74, 6) is -2.75. The number of hydrogen-bond acceptors (Lipinski definition) is 7. The fraction of sp³-hybridized carbons (Fsp3) is 0.500. The van der Waals surface area contributed by atoms with Crippen LogP contribution in [-0.2, 0) is 25.5 Å². The molecule has 0 saturated carbocycles. The van der Waals surface area contributed by atoms with E-state index in [1.807, 2.05) is 0 Å². The monoisotopic (exact) mass is 408 g/mol. The second-order valence-corrected chi connectivity index (χ2v) is 6.77. The van der Waals surface area contributed by atoms with Crippen molar-refractivity contribution in [1.82, 2.24) is 4.90 Å². The minimum absolute atomic E-state index is 0.0174. The molecule has 0 aliphatic heterocycles. The number of carboxylic acid groups (broad SMARTS) is 1. The van der Waals surface area contributed by atoms with Gasteiger partial charge in [0, 0.05) is 32.1 Å². The number of carbonyl (C=O) groups is 4. The van der Waals surface area contributed by atoms with Crippen molar-refractivity contribution in [2.24, 2.45) is 0 Å². The summed E-state index contributed by atoms with van der Waals surface area (Å²) in [6.07, 6.45) is -0.545. The van der Waals surface area contributed by atoms with E-state index in [0.717, 1.165) is 0 Å². The Labute approximate surface area is 169 Å². The third-order valence-electron chi connectivity index (χ3n) is 4.57. The summed E-state index contributed by atoms with van der Waals surface area (Å²) in [6.45, 7) is 7.21. The highest BCUT2D eigenvalue weighted by molar-refractivity contribution is 6.04. The van der Waals surface area contributed by atoms with Gasteiger partial charge in [0.1, 0.15) is 6.61 Å². The Bertz CT molecular complexity index is 833. The van der Waals surface area contributed by atoms with Crippen LogP contribution in [0.1, 0.15) is 58.2 Å². The van der Waals surface area contributed by atoms with Gasteiger partial charge in [0.2, 0.25) is 0 Å². The summed E-state index contributed by atoms with van der Waals surface area (Å²) in [5, 5.41) is 9.62. The number of ether oxygens (including phenoxy) is 2. The van der Waals surface area contributed by atoms with E-state index < -0.39 is 29.9 Å². The molecule has 0 aliphatic rings. The maximum Gasteiger partial charge on any atom is 0.336 e. The number of hydrogen-bond donors (Lipinski definition) is 2. The van der Waals surface area contributed by atoms with E-state index in [9.17, 15) is 24.3 Å². The molecule has 0 aliphatic carbocycles. The standard InChI is InChI=1S/C20H28N2O7/c1-7-15-16(10(2)18(21)11(3)17(15)20(26)27)19(25)22(6)8-14(29-13(5)24)9-28-12(4)23/h14H,7-9,21H2,1-6H3,(H,26,27). The first-order valence-corrected chi connectivity index (χ1v) is 9.13. The van der Waals surface area contributed by atoms with Gasteiger partial charge in [-0.15, -0.1) is 0 Å². The maximum atomic E-state index is 13.2. The molecule has 0 heterocycles. The Kier molecular flexibility index (Phi) is 8.17. The van der Waals surface area contributed by atoms with Crippen molar-refractivity contribution in [2.75, 3.05) is 25.9 Å². The predicted molar refractivity (Wildman–Crippen MR) is 106 cm³/mol. The Balaban J connectivity index is 3.32. The fourth-order valence-electron chi connectivity index (χ4n) is 3.21. The zero-order chi connectivity index (χ0) is 22.5. The molecule has 1 aromatic rings. The average molecular weight is 408 g/mol. The van der Waals surface area contributed by atoms with Crippen LogP contribution in [0.25, 0.3) is 0 Å². The number of amides is 1. The molecule has 0 saturated heterocycles. The smallest absolute Gasteiger partial charge is 0.336 e. The number of esters is 2. The fourth-order valence-corrected chi connectivity index (χ4v) is 3.21. The zero-order valence-electron chi connectivity index (χ0n) is 17.6. The Morgan fingerprint density at radius 3 is 2.07 bits per heavy atom. The number of carboxylic acids is 1. The normalized spacial score (nSPS) is 11.5. The van der Waals surface area contributed by atoms with E-state index >= 15 is 0 Å².